The van der Waals surface area contributed by atoms with Crippen LogP contribution in [0.2, 0.25) is 0 Å². The van der Waals surface area contributed by atoms with Gasteiger partial charge < -0.3 is 10.2 Å². The molecule has 1 aliphatic rings. The summed E-state index contributed by atoms with van der Waals surface area (Å²) in [5.74, 6) is 1.21. The first-order chi connectivity index (χ1) is 7.95. The Hall–Kier alpha value is -0.280. The number of nitrogens with one attached hydrogen (secondary N) is 1. The van der Waals surface area contributed by atoms with E-state index >= 15 is 0 Å². The number of amides is 1. The number of hydrogen-bond donors (Lipinski definition) is 1. The molecule has 17 heavy (non-hydrogen) atoms. The van der Waals surface area contributed by atoms with E-state index in [0.29, 0.717) is 5.88 Å². The second kappa shape index (κ2) is 6.60. The van der Waals surface area contributed by atoms with Gasteiger partial charge in [0.05, 0.1) is 5.41 Å². The number of nitrogens with zero attached hydrogens (tertiary/aromatic N) is 1. The Bertz CT molecular complexity index is 248. The first-order valence-electron chi connectivity index (χ1n) is 6.48. The molecule has 0 aromatic carbocycles. The summed E-state index contributed by atoms with van der Waals surface area (Å²) in [6.45, 7) is 6.92. The van der Waals surface area contributed by atoms with Crippen molar-refractivity contribution in [2.75, 3.05) is 32.6 Å². The Kier molecular flexibility index (Phi) is 5.74. The van der Waals surface area contributed by atoms with Crippen molar-refractivity contribution >= 4 is 17.5 Å². The Morgan fingerprint density at radius 3 is 2.53 bits per heavy atom. The third-order valence-corrected chi connectivity index (χ3v) is 4.29. The largest absolute Gasteiger partial charge is 0.356 e. The van der Waals surface area contributed by atoms with E-state index in [9.17, 15) is 4.79 Å². The molecule has 0 aliphatic carbocycles. The van der Waals surface area contributed by atoms with Gasteiger partial charge in [-0.2, -0.15) is 0 Å². The zero-order valence-electron chi connectivity index (χ0n) is 11.3. The molecule has 1 heterocycles. The molecular formula is C13H25ClN2O. The predicted octanol–water partition coefficient (Wildman–Crippen LogP) is 2.10. The summed E-state index contributed by atoms with van der Waals surface area (Å²) in [6, 6.07) is 0. The van der Waals surface area contributed by atoms with Gasteiger partial charge in [-0.25, -0.2) is 0 Å². The van der Waals surface area contributed by atoms with Gasteiger partial charge in [-0.1, -0.05) is 0 Å². The summed E-state index contributed by atoms with van der Waals surface area (Å²) in [7, 11) is 2.17. The molecule has 1 fully saturated rings. The molecule has 3 nitrogen and oxygen atoms in total. The van der Waals surface area contributed by atoms with Crippen LogP contribution in [0.4, 0.5) is 0 Å². The highest BCUT2D eigenvalue weighted by Gasteiger charge is 2.26. The van der Waals surface area contributed by atoms with Crippen molar-refractivity contribution in [3.63, 3.8) is 0 Å². The summed E-state index contributed by atoms with van der Waals surface area (Å²) < 4.78 is 0. The van der Waals surface area contributed by atoms with Gasteiger partial charge in [-0.3, -0.25) is 4.79 Å². The predicted molar refractivity (Wildman–Crippen MR) is 72.3 cm³/mol. The maximum absolute atomic E-state index is 11.8. The molecule has 0 spiro atoms. The zero-order chi connectivity index (χ0) is 12.9. The lowest BCUT2D eigenvalue weighted by molar-refractivity contribution is -0.128. The van der Waals surface area contributed by atoms with Crippen molar-refractivity contribution in [3.8, 4) is 0 Å². The molecule has 0 unspecified atom stereocenters. The van der Waals surface area contributed by atoms with Gasteiger partial charge >= 0.3 is 0 Å². The molecular weight excluding hydrogens is 236 g/mol. The first kappa shape index (κ1) is 14.8. The van der Waals surface area contributed by atoms with E-state index in [0.717, 1.165) is 18.9 Å². The van der Waals surface area contributed by atoms with Gasteiger partial charge in [0.2, 0.25) is 5.91 Å². The maximum Gasteiger partial charge on any atom is 0.226 e. The standard InChI is InChI=1S/C13H25ClN2O/c1-13(2,10-14)12(17)15-7-4-11-5-8-16(3)9-6-11/h11H,4-10H2,1-3H3,(H,15,17). The van der Waals surface area contributed by atoms with Crippen LogP contribution in [-0.2, 0) is 4.79 Å². The maximum atomic E-state index is 11.8. The van der Waals surface area contributed by atoms with E-state index in [1.54, 1.807) is 0 Å². The van der Waals surface area contributed by atoms with E-state index in [1.807, 2.05) is 13.8 Å². The van der Waals surface area contributed by atoms with Crippen molar-refractivity contribution in [1.29, 1.82) is 0 Å². The number of carbonyl (C=O) groups excluding carboxylic acids is 1. The van der Waals surface area contributed by atoms with Gasteiger partial charge in [-0.05, 0) is 59.2 Å². The minimum absolute atomic E-state index is 0.0698. The van der Waals surface area contributed by atoms with Crippen LogP contribution in [0.5, 0.6) is 0 Å². The molecule has 0 radical (unpaired) electrons. The zero-order valence-corrected chi connectivity index (χ0v) is 12.0. The van der Waals surface area contributed by atoms with E-state index in [4.69, 9.17) is 11.6 Å². The van der Waals surface area contributed by atoms with E-state index in [2.05, 4.69) is 17.3 Å². The number of carbonyl (C=O) groups is 1. The lowest BCUT2D eigenvalue weighted by Crippen LogP contribution is -2.39. The van der Waals surface area contributed by atoms with Gasteiger partial charge in [0.1, 0.15) is 0 Å². The Morgan fingerprint density at radius 1 is 1.41 bits per heavy atom. The first-order valence-corrected chi connectivity index (χ1v) is 7.02. The average molecular weight is 261 g/mol. The third kappa shape index (κ3) is 4.84. The molecule has 1 amide bonds. The van der Waals surface area contributed by atoms with Crippen LogP contribution in [0.25, 0.3) is 0 Å². The fourth-order valence-corrected chi connectivity index (χ4v) is 2.16. The highest BCUT2D eigenvalue weighted by atomic mass is 35.5. The summed E-state index contributed by atoms with van der Waals surface area (Å²) in [4.78, 5) is 14.2. The number of alkyl halides is 1. The van der Waals surface area contributed by atoms with Crippen molar-refractivity contribution in [3.05, 3.63) is 0 Å². The van der Waals surface area contributed by atoms with Crippen LogP contribution in [0.1, 0.15) is 33.1 Å². The summed E-state index contributed by atoms with van der Waals surface area (Å²) in [5.41, 5.74) is -0.450. The highest BCUT2D eigenvalue weighted by molar-refractivity contribution is 6.19. The van der Waals surface area contributed by atoms with Gasteiger partial charge in [0.25, 0.3) is 0 Å². The van der Waals surface area contributed by atoms with Gasteiger partial charge in [0.15, 0.2) is 0 Å². The Balaban J connectivity index is 2.18. The van der Waals surface area contributed by atoms with Crippen molar-refractivity contribution in [1.82, 2.24) is 10.2 Å². The van der Waals surface area contributed by atoms with Crippen LogP contribution in [0.3, 0.4) is 0 Å². The fraction of sp³-hybridized carbons (Fsp3) is 0.923. The topological polar surface area (TPSA) is 32.3 Å². The molecule has 0 atom stereocenters. The van der Waals surface area contributed by atoms with Crippen LogP contribution in [0, 0.1) is 11.3 Å². The molecule has 4 heteroatoms. The SMILES string of the molecule is CN1CCC(CCNC(=O)C(C)(C)CCl)CC1. The number of piperidine rings is 1. The molecule has 100 valence electrons. The molecule has 1 N–H and O–H groups in total. The Morgan fingerprint density at radius 2 is 2.00 bits per heavy atom. The van der Waals surface area contributed by atoms with Crippen LogP contribution in [0.15, 0.2) is 0 Å². The number of halogens is 1. The van der Waals surface area contributed by atoms with E-state index in [-0.39, 0.29) is 5.91 Å². The van der Waals surface area contributed by atoms with E-state index in [1.165, 1.54) is 25.9 Å². The second-order valence-corrected chi connectivity index (χ2v) is 6.08. The summed E-state index contributed by atoms with van der Waals surface area (Å²) in [6.07, 6.45) is 3.61. The number of rotatable bonds is 5. The molecule has 1 rings (SSSR count). The minimum Gasteiger partial charge on any atom is -0.356 e. The second-order valence-electron chi connectivity index (χ2n) is 5.81. The third-order valence-electron chi connectivity index (χ3n) is 3.63. The van der Waals surface area contributed by atoms with Crippen molar-refractivity contribution in [2.24, 2.45) is 11.3 Å². The lowest BCUT2D eigenvalue weighted by Gasteiger charge is -2.29. The Labute approximate surface area is 110 Å². The van der Waals surface area contributed by atoms with Crippen LogP contribution >= 0.6 is 11.6 Å². The molecule has 0 saturated carbocycles. The lowest BCUT2D eigenvalue weighted by atomic mass is 9.92. The van der Waals surface area contributed by atoms with E-state index < -0.39 is 5.41 Å². The quantitative estimate of drug-likeness (QED) is 0.768. The minimum atomic E-state index is -0.450. The summed E-state index contributed by atoms with van der Waals surface area (Å²) in [5, 5.41) is 3.00. The van der Waals surface area contributed by atoms with Crippen molar-refractivity contribution in [2.45, 2.75) is 33.1 Å². The number of likely N-dealkylation sites (tertiary alicyclic amines) is 1. The normalized spacial score (nSPS) is 19.3. The van der Waals surface area contributed by atoms with Gasteiger partial charge in [-0.15, -0.1) is 11.6 Å². The average Bonchev–Trinajstić information content (AvgIpc) is 2.31. The van der Waals surface area contributed by atoms with Crippen LogP contribution < -0.4 is 5.32 Å². The molecule has 0 aromatic heterocycles. The monoisotopic (exact) mass is 260 g/mol. The van der Waals surface area contributed by atoms with Crippen molar-refractivity contribution < 1.29 is 4.79 Å². The number of hydrogen-bond acceptors (Lipinski definition) is 2. The highest BCUT2D eigenvalue weighted by Crippen LogP contribution is 2.20. The fourth-order valence-electron chi connectivity index (χ4n) is 2.04. The van der Waals surface area contributed by atoms with Crippen LogP contribution in [-0.4, -0.2) is 43.4 Å². The molecule has 1 saturated heterocycles. The smallest absolute Gasteiger partial charge is 0.226 e. The van der Waals surface area contributed by atoms with Gasteiger partial charge in [0, 0.05) is 12.4 Å². The molecule has 0 aromatic rings. The molecule has 0 bridgehead atoms. The summed E-state index contributed by atoms with van der Waals surface area (Å²) >= 11 is 5.77. The molecule has 1 aliphatic heterocycles.